The molecule has 5 nitrogen and oxygen atoms in total. The molecular formula is C12H22N4O. The number of rotatable bonds is 2. The molecule has 0 aliphatic carbocycles. The lowest BCUT2D eigenvalue weighted by Crippen LogP contribution is -2.49. The maximum Gasteiger partial charge on any atom is 0.232 e. The van der Waals surface area contributed by atoms with E-state index in [1.165, 1.54) is 0 Å². The van der Waals surface area contributed by atoms with Crippen LogP contribution in [0.1, 0.15) is 39.4 Å². The Labute approximate surface area is 103 Å². The van der Waals surface area contributed by atoms with E-state index in [1.54, 1.807) is 0 Å². The molecule has 1 saturated heterocycles. The van der Waals surface area contributed by atoms with Crippen LogP contribution in [0.2, 0.25) is 0 Å². The van der Waals surface area contributed by atoms with Crippen LogP contribution in [0.15, 0.2) is 4.52 Å². The summed E-state index contributed by atoms with van der Waals surface area (Å²) in [6.07, 6.45) is 0. The van der Waals surface area contributed by atoms with E-state index in [-0.39, 0.29) is 5.41 Å². The number of piperazine rings is 1. The minimum absolute atomic E-state index is 0.0691. The van der Waals surface area contributed by atoms with Gasteiger partial charge in [0.1, 0.15) is 0 Å². The highest BCUT2D eigenvalue weighted by molar-refractivity contribution is 4.98. The third kappa shape index (κ3) is 3.04. The van der Waals surface area contributed by atoms with E-state index in [0.29, 0.717) is 6.04 Å². The molecule has 96 valence electrons. The predicted octanol–water partition coefficient (Wildman–Crippen LogP) is 1.16. The first-order valence-electron chi connectivity index (χ1n) is 6.24. The summed E-state index contributed by atoms with van der Waals surface area (Å²) in [5.41, 5.74) is -0.0691. The van der Waals surface area contributed by atoms with Crippen molar-refractivity contribution in [2.75, 3.05) is 19.6 Å². The Bertz CT molecular complexity index is 369. The molecule has 2 rings (SSSR count). The van der Waals surface area contributed by atoms with Crippen molar-refractivity contribution in [1.29, 1.82) is 0 Å². The molecular weight excluding hydrogens is 216 g/mol. The lowest BCUT2D eigenvalue weighted by atomic mass is 9.97. The van der Waals surface area contributed by atoms with E-state index in [0.717, 1.165) is 37.9 Å². The average Bonchev–Trinajstić information content (AvgIpc) is 2.69. The Morgan fingerprint density at radius 2 is 2.24 bits per heavy atom. The summed E-state index contributed by atoms with van der Waals surface area (Å²) in [6, 6.07) is 0.528. The van der Waals surface area contributed by atoms with E-state index in [2.05, 4.69) is 48.1 Å². The number of hydrogen-bond donors (Lipinski definition) is 1. The summed E-state index contributed by atoms with van der Waals surface area (Å²) in [5.74, 6) is 1.51. The summed E-state index contributed by atoms with van der Waals surface area (Å²) in [7, 11) is 0. The van der Waals surface area contributed by atoms with Crippen molar-refractivity contribution in [3.05, 3.63) is 11.7 Å². The molecule has 0 amide bonds. The van der Waals surface area contributed by atoms with Crippen molar-refractivity contribution in [3.63, 3.8) is 0 Å². The summed E-state index contributed by atoms with van der Waals surface area (Å²) < 4.78 is 5.30. The zero-order valence-electron chi connectivity index (χ0n) is 11.2. The van der Waals surface area contributed by atoms with Gasteiger partial charge in [-0.3, -0.25) is 4.90 Å². The van der Waals surface area contributed by atoms with Crippen molar-refractivity contribution in [2.24, 2.45) is 0 Å². The quantitative estimate of drug-likeness (QED) is 0.838. The van der Waals surface area contributed by atoms with Crippen LogP contribution >= 0.6 is 0 Å². The maximum atomic E-state index is 5.30. The summed E-state index contributed by atoms with van der Waals surface area (Å²) >= 11 is 0. The molecule has 1 fully saturated rings. The second kappa shape index (κ2) is 4.74. The number of hydrogen-bond acceptors (Lipinski definition) is 5. The van der Waals surface area contributed by atoms with Crippen molar-refractivity contribution in [3.8, 4) is 0 Å². The summed E-state index contributed by atoms with van der Waals surface area (Å²) in [5, 5.41) is 7.44. The first kappa shape index (κ1) is 12.5. The van der Waals surface area contributed by atoms with Crippen LogP contribution in [0.4, 0.5) is 0 Å². The van der Waals surface area contributed by atoms with Crippen LogP contribution in [0.5, 0.6) is 0 Å². The number of nitrogens with one attached hydrogen (secondary N) is 1. The average molecular weight is 238 g/mol. The maximum absolute atomic E-state index is 5.30. The second-order valence-corrected chi connectivity index (χ2v) is 5.79. The smallest absolute Gasteiger partial charge is 0.232 e. The zero-order valence-corrected chi connectivity index (χ0v) is 11.2. The highest BCUT2D eigenvalue weighted by Gasteiger charge is 2.24. The Morgan fingerprint density at radius 1 is 1.47 bits per heavy atom. The highest BCUT2D eigenvalue weighted by atomic mass is 16.5. The van der Waals surface area contributed by atoms with Crippen molar-refractivity contribution in [1.82, 2.24) is 20.4 Å². The third-order valence-electron chi connectivity index (χ3n) is 3.09. The topological polar surface area (TPSA) is 54.2 Å². The largest absolute Gasteiger partial charge is 0.339 e. The van der Waals surface area contributed by atoms with Crippen LogP contribution in [0, 0.1) is 0 Å². The molecule has 1 aliphatic heterocycles. The van der Waals surface area contributed by atoms with Crippen LogP contribution in [0.3, 0.4) is 0 Å². The monoisotopic (exact) mass is 238 g/mol. The van der Waals surface area contributed by atoms with E-state index in [1.807, 2.05) is 0 Å². The molecule has 5 heteroatoms. The molecule has 1 aromatic rings. The van der Waals surface area contributed by atoms with Gasteiger partial charge >= 0.3 is 0 Å². The summed E-state index contributed by atoms with van der Waals surface area (Å²) in [6.45, 7) is 12.4. The third-order valence-corrected chi connectivity index (χ3v) is 3.09. The van der Waals surface area contributed by atoms with E-state index < -0.39 is 0 Å². The molecule has 0 radical (unpaired) electrons. The predicted molar refractivity (Wildman–Crippen MR) is 65.7 cm³/mol. The Balaban J connectivity index is 2.01. The van der Waals surface area contributed by atoms with Gasteiger partial charge < -0.3 is 9.84 Å². The molecule has 2 heterocycles. The van der Waals surface area contributed by atoms with Crippen LogP contribution in [-0.2, 0) is 12.0 Å². The van der Waals surface area contributed by atoms with Gasteiger partial charge in [0.2, 0.25) is 5.89 Å². The molecule has 1 aliphatic rings. The van der Waals surface area contributed by atoms with E-state index >= 15 is 0 Å². The zero-order chi connectivity index (χ0) is 12.5. The van der Waals surface area contributed by atoms with E-state index in [9.17, 15) is 0 Å². The SMILES string of the molecule is C[C@H]1CNCCN1Cc1noc(C(C)(C)C)n1. The normalized spacial score (nSPS) is 22.9. The van der Waals surface area contributed by atoms with Gasteiger partial charge in [-0.2, -0.15) is 4.98 Å². The first-order valence-corrected chi connectivity index (χ1v) is 6.24. The molecule has 1 atom stereocenters. The highest BCUT2D eigenvalue weighted by Crippen LogP contribution is 2.20. The van der Waals surface area contributed by atoms with Gasteiger partial charge in [0, 0.05) is 31.1 Å². The molecule has 0 unspecified atom stereocenters. The van der Waals surface area contributed by atoms with Crippen molar-refractivity contribution in [2.45, 2.75) is 45.7 Å². The number of aromatic nitrogens is 2. The van der Waals surface area contributed by atoms with Gasteiger partial charge in [0.25, 0.3) is 0 Å². The lowest BCUT2D eigenvalue weighted by molar-refractivity contribution is 0.160. The summed E-state index contributed by atoms with van der Waals surface area (Å²) in [4.78, 5) is 6.85. The molecule has 1 N–H and O–H groups in total. The molecule has 0 spiro atoms. The minimum atomic E-state index is -0.0691. The molecule has 1 aromatic heterocycles. The first-order chi connectivity index (χ1) is 7.97. The number of nitrogens with zero attached hydrogens (tertiary/aromatic N) is 3. The van der Waals surface area contributed by atoms with Crippen molar-refractivity contribution >= 4 is 0 Å². The standard InChI is InChI=1S/C12H22N4O/c1-9-7-13-5-6-16(9)8-10-14-11(17-15-10)12(2,3)4/h9,13H,5-8H2,1-4H3/t9-/m0/s1. The molecule has 0 aromatic carbocycles. The lowest BCUT2D eigenvalue weighted by Gasteiger charge is -2.32. The van der Waals surface area contributed by atoms with Gasteiger partial charge in [-0.05, 0) is 6.92 Å². The Morgan fingerprint density at radius 3 is 2.82 bits per heavy atom. The molecule has 0 bridgehead atoms. The fourth-order valence-corrected chi connectivity index (χ4v) is 1.92. The minimum Gasteiger partial charge on any atom is -0.339 e. The van der Waals surface area contributed by atoms with Gasteiger partial charge in [-0.1, -0.05) is 25.9 Å². The van der Waals surface area contributed by atoms with Gasteiger partial charge in [0.15, 0.2) is 5.82 Å². The molecule has 0 saturated carbocycles. The van der Waals surface area contributed by atoms with Crippen molar-refractivity contribution < 1.29 is 4.52 Å². The molecule has 17 heavy (non-hydrogen) atoms. The second-order valence-electron chi connectivity index (χ2n) is 5.79. The van der Waals surface area contributed by atoms with Crippen LogP contribution in [-0.4, -0.2) is 40.7 Å². The van der Waals surface area contributed by atoms with Gasteiger partial charge in [-0.15, -0.1) is 0 Å². The fraction of sp³-hybridized carbons (Fsp3) is 0.833. The van der Waals surface area contributed by atoms with E-state index in [4.69, 9.17) is 4.52 Å². The van der Waals surface area contributed by atoms with Crippen LogP contribution < -0.4 is 5.32 Å². The van der Waals surface area contributed by atoms with Crippen LogP contribution in [0.25, 0.3) is 0 Å². The fourth-order valence-electron chi connectivity index (χ4n) is 1.92. The Hall–Kier alpha value is -0.940. The Kier molecular flexibility index (Phi) is 3.49. The van der Waals surface area contributed by atoms with Gasteiger partial charge in [0.05, 0.1) is 6.54 Å². The van der Waals surface area contributed by atoms with Gasteiger partial charge in [-0.25, -0.2) is 0 Å².